The molecule has 0 spiro atoms. The van der Waals surface area contributed by atoms with Gasteiger partial charge in [0.15, 0.2) is 0 Å². The maximum atomic E-state index is 12.3. The number of thiazole rings is 1. The highest BCUT2D eigenvalue weighted by molar-refractivity contribution is 7.07. The van der Waals surface area contributed by atoms with Crippen molar-refractivity contribution >= 4 is 28.2 Å². The number of rotatable bonds is 3. The van der Waals surface area contributed by atoms with Crippen LogP contribution < -0.4 is 10.00 Å². The van der Waals surface area contributed by atoms with E-state index in [0.29, 0.717) is 11.9 Å². The number of aromatic carboxylic acids is 1. The monoisotopic (exact) mass is 315 g/mol. The van der Waals surface area contributed by atoms with Crippen molar-refractivity contribution in [3.63, 3.8) is 0 Å². The highest BCUT2D eigenvalue weighted by Crippen LogP contribution is 2.22. The van der Waals surface area contributed by atoms with Gasteiger partial charge in [0.1, 0.15) is 12.6 Å². The van der Waals surface area contributed by atoms with E-state index in [0.717, 1.165) is 16.8 Å². The molecule has 0 aliphatic heterocycles. The lowest BCUT2D eigenvalue weighted by Gasteiger charge is -2.10. The number of hydrogen-bond acceptors (Lipinski definition) is 3. The molecule has 0 bridgehead atoms. The number of nitrogens with zero attached hydrogens (tertiary/aromatic N) is 2. The number of aryl methyl sites for hydroxylation is 2. The molecule has 0 amide bonds. The normalized spacial score (nSPS) is 11.0. The molecule has 2 heterocycles. The first-order valence-corrected chi connectivity index (χ1v) is 7.80. The van der Waals surface area contributed by atoms with Crippen molar-refractivity contribution < 1.29 is 14.5 Å². The molecule has 0 radical (unpaired) electrons. The minimum Gasteiger partial charge on any atom is -0.477 e. The molecule has 1 N–H and O–H groups in total. The Hall–Kier alpha value is -2.47. The fourth-order valence-electron chi connectivity index (χ4n) is 2.56. The summed E-state index contributed by atoms with van der Waals surface area (Å²) in [5.74, 6) is -1.19. The van der Waals surface area contributed by atoms with E-state index in [2.05, 4.69) is 0 Å². The standard InChI is InChI=1S/C16H14N2O3S/c1-3-18-7-12(16(20)21)15(19)11-5-4-10(6-13(11)18)14-8-22-9-17(14)2/h4-9H,3H2,1-2H3/p+1. The van der Waals surface area contributed by atoms with E-state index in [1.54, 1.807) is 22.0 Å². The maximum Gasteiger partial charge on any atom is 0.341 e. The van der Waals surface area contributed by atoms with Gasteiger partial charge in [0.2, 0.25) is 16.6 Å². The van der Waals surface area contributed by atoms with Gasteiger partial charge in [-0.25, -0.2) is 4.79 Å². The Morgan fingerprint density at radius 2 is 2.18 bits per heavy atom. The highest BCUT2D eigenvalue weighted by Gasteiger charge is 2.17. The highest BCUT2D eigenvalue weighted by atomic mass is 32.1. The summed E-state index contributed by atoms with van der Waals surface area (Å²) in [4.78, 5) is 23.5. The van der Waals surface area contributed by atoms with Gasteiger partial charge < -0.3 is 9.67 Å². The summed E-state index contributed by atoms with van der Waals surface area (Å²) in [6.45, 7) is 2.52. The maximum absolute atomic E-state index is 12.3. The van der Waals surface area contributed by atoms with Crippen molar-refractivity contribution in [1.82, 2.24) is 4.57 Å². The molecule has 22 heavy (non-hydrogen) atoms. The minimum atomic E-state index is -1.19. The van der Waals surface area contributed by atoms with Gasteiger partial charge in [0.05, 0.1) is 10.9 Å². The van der Waals surface area contributed by atoms with Crippen molar-refractivity contribution in [2.75, 3.05) is 0 Å². The van der Waals surface area contributed by atoms with Crippen molar-refractivity contribution in [2.45, 2.75) is 13.5 Å². The molecule has 0 atom stereocenters. The lowest BCUT2D eigenvalue weighted by molar-refractivity contribution is -0.655. The Morgan fingerprint density at radius 1 is 1.41 bits per heavy atom. The molecule has 112 valence electrons. The number of hydrogen-bond donors (Lipinski definition) is 1. The first-order chi connectivity index (χ1) is 10.5. The molecule has 3 rings (SSSR count). The van der Waals surface area contributed by atoms with E-state index in [9.17, 15) is 14.7 Å². The Labute approximate surface area is 130 Å². The van der Waals surface area contributed by atoms with E-state index in [4.69, 9.17) is 0 Å². The third kappa shape index (κ3) is 2.21. The second-order valence-electron chi connectivity index (χ2n) is 5.05. The number of pyridine rings is 1. The Morgan fingerprint density at radius 3 is 2.77 bits per heavy atom. The van der Waals surface area contributed by atoms with Crippen LogP contribution in [0.4, 0.5) is 0 Å². The van der Waals surface area contributed by atoms with Crippen LogP contribution in [0.15, 0.2) is 40.1 Å². The van der Waals surface area contributed by atoms with Crippen LogP contribution in [0.1, 0.15) is 17.3 Å². The minimum absolute atomic E-state index is 0.191. The van der Waals surface area contributed by atoms with E-state index in [-0.39, 0.29) is 5.56 Å². The first-order valence-electron chi connectivity index (χ1n) is 6.85. The van der Waals surface area contributed by atoms with Crippen LogP contribution >= 0.6 is 11.3 Å². The van der Waals surface area contributed by atoms with Gasteiger partial charge in [-0.3, -0.25) is 4.79 Å². The predicted octanol–water partition coefficient (Wildman–Crippen LogP) is 2.27. The quantitative estimate of drug-likeness (QED) is 0.754. The Kier molecular flexibility index (Phi) is 3.54. The van der Waals surface area contributed by atoms with Crippen LogP contribution in [0.3, 0.4) is 0 Å². The largest absolute Gasteiger partial charge is 0.477 e. The molecule has 6 heteroatoms. The van der Waals surface area contributed by atoms with Crippen molar-refractivity contribution in [3.8, 4) is 11.3 Å². The zero-order chi connectivity index (χ0) is 15.9. The first kappa shape index (κ1) is 14.5. The average Bonchev–Trinajstić information content (AvgIpc) is 2.93. The van der Waals surface area contributed by atoms with Gasteiger partial charge in [0.25, 0.3) is 0 Å². The molecule has 0 aliphatic carbocycles. The van der Waals surface area contributed by atoms with Gasteiger partial charge in [-0.05, 0) is 25.1 Å². The molecular weight excluding hydrogens is 300 g/mol. The fourth-order valence-corrected chi connectivity index (χ4v) is 3.35. The smallest absolute Gasteiger partial charge is 0.341 e. The number of aromatic nitrogens is 2. The number of carboxylic acid groups (broad SMARTS) is 1. The zero-order valence-electron chi connectivity index (χ0n) is 12.2. The van der Waals surface area contributed by atoms with Crippen LogP contribution in [0.5, 0.6) is 0 Å². The van der Waals surface area contributed by atoms with Crippen LogP contribution in [-0.2, 0) is 13.6 Å². The third-order valence-corrected chi connectivity index (χ3v) is 4.52. The van der Waals surface area contributed by atoms with Gasteiger partial charge in [0, 0.05) is 23.7 Å². The van der Waals surface area contributed by atoms with Gasteiger partial charge in [-0.15, -0.1) is 0 Å². The van der Waals surface area contributed by atoms with E-state index in [1.807, 2.05) is 41.6 Å². The van der Waals surface area contributed by atoms with Crippen LogP contribution in [0, 0.1) is 0 Å². The second kappa shape index (κ2) is 5.38. The molecule has 1 aromatic carbocycles. The van der Waals surface area contributed by atoms with Gasteiger partial charge in [-0.2, -0.15) is 4.57 Å². The molecule has 0 saturated carbocycles. The Bertz CT molecular complexity index is 940. The number of fused-ring (bicyclic) bond motifs is 1. The van der Waals surface area contributed by atoms with Crippen LogP contribution in [-0.4, -0.2) is 15.6 Å². The predicted molar refractivity (Wildman–Crippen MR) is 85.3 cm³/mol. The lowest BCUT2D eigenvalue weighted by Crippen LogP contribution is -2.26. The molecule has 0 saturated heterocycles. The zero-order valence-corrected chi connectivity index (χ0v) is 13.1. The van der Waals surface area contributed by atoms with E-state index in [1.165, 1.54) is 6.20 Å². The lowest BCUT2D eigenvalue weighted by atomic mass is 10.1. The summed E-state index contributed by atoms with van der Waals surface area (Å²) in [5, 5.41) is 11.6. The average molecular weight is 315 g/mol. The third-order valence-electron chi connectivity index (χ3n) is 3.73. The van der Waals surface area contributed by atoms with Crippen LogP contribution in [0.25, 0.3) is 22.2 Å². The molecule has 0 aliphatic rings. The molecular formula is C16H15N2O3S+. The van der Waals surface area contributed by atoms with Gasteiger partial charge in [-0.1, -0.05) is 11.3 Å². The van der Waals surface area contributed by atoms with Crippen molar-refractivity contribution in [2.24, 2.45) is 7.05 Å². The topological polar surface area (TPSA) is 63.2 Å². The number of carbonyl (C=O) groups is 1. The molecule has 5 nitrogen and oxygen atoms in total. The summed E-state index contributed by atoms with van der Waals surface area (Å²) in [5.41, 5.74) is 4.18. The Balaban J connectivity index is 2.34. The molecule has 2 aromatic heterocycles. The molecule has 3 aromatic rings. The van der Waals surface area contributed by atoms with Gasteiger partial charge >= 0.3 is 5.97 Å². The number of carboxylic acids is 1. The SMILES string of the molecule is CCn1cc(C(=O)O)c(=O)c2ccc(-c3csc[n+]3C)cc21. The summed E-state index contributed by atoms with van der Waals surface area (Å²) in [7, 11) is 1.97. The second-order valence-corrected chi connectivity index (χ2v) is 5.77. The fraction of sp³-hybridized carbons (Fsp3) is 0.188. The van der Waals surface area contributed by atoms with E-state index < -0.39 is 11.4 Å². The van der Waals surface area contributed by atoms with Crippen molar-refractivity contribution in [3.05, 3.63) is 51.1 Å². The summed E-state index contributed by atoms with van der Waals surface area (Å²) in [6, 6.07) is 5.51. The number of benzene rings is 1. The summed E-state index contributed by atoms with van der Waals surface area (Å²) >= 11 is 1.60. The molecule has 0 fully saturated rings. The summed E-state index contributed by atoms with van der Waals surface area (Å²) < 4.78 is 3.82. The van der Waals surface area contributed by atoms with Crippen LogP contribution in [0.2, 0.25) is 0 Å². The molecule has 0 unspecified atom stereocenters. The van der Waals surface area contributed by atoms with Crippen molar-refractivity contribution in [1.29, 1.82) is 0 Å². The summed E-state index contributed by atoms with van der Waals surface area (Å²) in [6.07, 6.45) is 1.42. The van der Waals surface area contributed by atoms with E-state index >= 15 is 0 Å².